The molecule has 3 unspecified atom stereocenters. The van der Waals surface area contributed by atoms with E-state index in [9.17, 15) is 22.8 Å². The van der Waals surface area contributed by atoms with Gasteiger partial charge in [-0.2, -0.15) is 18.3 Å². The van der Waals surface area contributed by atoms with Crippen LogP contribution in [0.15, 0.2) is 57.7 Å². The lowest BCUT2D eigenvalue weighted by Crippen LogP contribution is -2.51. The molecule has 3 atom stereocenters. The van der Waals surface area contributed by atoms with Gasteiger partial charge in [0, 0.05) is 37.3 Å². The molecule has 4 N–H and O–H groups in total. The number of amidine groups is 2. The lowest BCUT2D eigenvalue weighted by Gasteiger charge is -2.35. The van der Waals surface area contributed by atoms with Gasteiger partial charge in [0.05, 0.1) is 5.56 Å². The van der Waals surface area contributed by atoms with Crippen molar-refractivity contribution in [2.45, 2.75) is 38.0 Å². The molecule has 2 aromatic rings. The highest BCUT2D eigenvalue weighted by atomic mass is 19.4. The average molecular weight is 556 g/mol. The van der Waals surface area contributed by atoms with Crippen LogP contribution in [0.1, 0.15) is 47.3 Å². The van der Waals surface area contributed by atoms with Crippen molar-refractivity contribution in [2.24, 2.45) is 26.7 Å². The molecule has 1 fully saturated rings. The topological polar surface area (TPSA) is 141 Å². The van der Waals surface area contributed by atoms with Gasteiger partial charge in [-0.25, -0.2) is 19.8 Å². The first kappa shape index (κ1) is 27.1. The minimum atomic E-state index is -4.55. The van der Waals surface area contributed by atoms with E-state index in [1.165, 1.54) is 6.34 Å². The van der Waals surface area contributed by atoms with Crippen molar-refractivity contribution in [2.75, 3.05) is 25.0 Å². The van der Waals surface area contributed by atoms with E-state index in [4.69, 9.17) is 10.7 Å². The number of nitrogens with zero attached hydrogens (tertiary/aromatic N) is 6. The zero-order valence-electron chi connectivity index (χ0n) is 21.6. The number of benzene rings is 1. The number of rotatable bonds is 5. The van der Waals surface area contributed by atoms with Crippen LogP contribution in [0.2, 0.25) is 0 Å². The summed E-state index contributed by atoms with van der Waals surface area (Å²) in [6.07, 6.45) is -0.529. The predicted molar refractivity (Wildman–Crippen MR) is 143 cm³/mol. The molecule has 210 valence electrons. The summed E-state index contributed by atoms with van der Waals surface area (Å²) < 4.78 is 39.0. The van der Waals surface area contributed by atoms with Gasteiger partial charge in [0.2, 0.25) is 0 Å². The number of nitrogens with two attached hydrogens (primary N) is 1. The number of pyridine rings is 1. The monoisotopic (exact) mass is 555 g/mol. The number of anilines is 1. The Kier molecular flexibility index (Phi) is 7.41. The number of hydrogen-bond donors (Lipinski definition) is 3. The number of likely N-dealkylation sites (tertiary alicyclic amines) is 1. The Balaban J connectivity index is 1.35. The van der Waals surface area contributed by atoms with E-state index in [1.807, 2.05) is 6.92 Å². The molecule has 1 aromatic heterocycles. The maximum Gasteiger partial charge on any atom is 0.416 e. The molecule has 1 aromatic carbocycles. The third-order valence-corrected chi connectivity index (χ3v) is 7.00. The number of carbonyl (C=O) groups is 2. The lowest BCUT2D eigenvalue weighted by atomic mass is 9.96. The Morgan fingerprint density at radius 1 is 1.18 bits per heavy atom. The zero-order valence-corrected chi connectivity index (χ0v) is 21.6. The maximum atomic E-state index is 13.0. The number of alkyl halides is 3. The molecule has 3 aliphatic rings. The van der Waals surface area contributed by atoms with Gasteiger partial charge in [-0.05, 0) is 49.6 Å². The largest absolute Gasteiger partial charge is 0.416 e. The van der Waals surface area contributed by atoms with E-state index >= 15 is 0 Å². The molecule has 1 saturated heterocycles. The van der Waals surface area contributed by atoms with Crippen molar-refractivity contribution in [3.8, 4) is 0 Å². The molecule has 14 heteroatoms. The molecule has 11 nitrogen and oxygen atoms in total. The van der Waals surface area contributed by atoms with Crippen molar-refractivity contribution in [3.63, 3.8) is 0 Å². The number of fused-ring (bicyclic) bond motifs is 1. The van der Waals surface area contributed by atoms with Gasteiger partial charge in [0.1, 0.15) is 35.9 Å². The summed E-state index contributed by atoms with van der Waals surface area (Å²) in [6, 6.07) is 7.14. The molecule has 3 aliphatic heterocycles. The first-order valence-electron chi connectivity index (χ1n) is 12.9. The zero-order chi connectivity index (χ0) is 28.4. The highest BCUT2D eigenvalue weighted by Gasteiger charge is 2.44. The van der Waals surface area contributed by atoms with Crippen LogP contribution in [0.5, 0.6) is 0 Å². The van der Waals surface area contributed by atoms with Crippen molar-refractivity contribution in [1.29, 1.82) is 0 Å². The van der Waals surface area contributed by atoms with Crippen LogP contribution in [0.4, 0.5) is 23.8 Å². The Bertz CT molecular complexity index is 1370. The summed E-state index contributed by atoms with van der Waals surface area (Å²) in [5, 5.41) is 11.4. The fourth-order valence-corrected chi connectivity index (χ4v) is 5.07. The quantitative estimate of drug-likeness (QED) is 0.520. The number of aromatic nitrogens is 1. The number of carbonyl (C=O) groups excluding carboxylic acids is 2. The van der Waals surface area contributed by atoms with Gasteiger partial charge in [0.25, 0.3) is 5.91 Å². The molecular weight excluding hydrogens is 527 g/mol. The predicted octanol–water partition coefficient (Wildman–Crippen LogP) is 3.23. The van der Waals surface area contributed by atoms with Crippen molar-refractivity contribution in [3.05, 3.63) is 59.3 Å². The number of halogens is 3. The molecule has 5 rings (SSSR count). The van der Waals surface area contributed by atoms with Crippen LogP contribution in [-0.2, 0) is 6.18 Å². The molecular formula is C26H28F3N9O2. The van der Waals surface area contributed by atoms with Gasteiger partial charge in [-0.15, -0.1) is 0 Å². The van der Waals surface area contributed by atoms with E-state index in [2.05, 4.69) is 25.7 Å². The standard InChI is InChI=1S/C26H28F3N9O2/c1-2-31-25(40)37-11-3-4-17(13-37)23-36-20(21-22(30)33-14-34-38(21)23)15-5-7-16(8-6-15)24(39)35-19-12-18(9-10-32-19)26(27,28)29/h5-10,12,14,17,20-21H,2-4,11,13H2,1H3,(H,31,40)(H2,30,33,34)(H,32,35,39). The van der Waals surface area contributed by atoms with Crippen molar-refractivity contribution >= 4 is 35.8 Å². The van der Waals surface area contributed by atoms with E-state index in [-0.39, 0.29) is 23.3 Å². The summed E-state index contributed by atoms with van der Waals surface area (Å²) >= 11 is 0. The SMILES string of the molecule is CCNC(=O)N1CCCC(C2=NC(c3ccc(C(=O)Nc4cc(C(F)(F)F)ccn4)cc3)C3C(N)=NC=NN23)C1. The Morgan fingerprint density at radius 2 is 1.95 bits per heavy atom. The minimum absolute atomic E-state index is 0.0445. The molecule has 0 saturated carbocycles. The van der Waals surface area contributed by atoms with Gasteiger partial charge in [-0.1, -0.05) is 12.1 Å². The maximum absolute atomic E-state index is 13.0. The van der Waals surface area contributed by atoms with Gasteiger partial charge in [-0.3, -0.25) is 9.79 Å². The smallest absolute Gasteiger partial charge is 0.385 e. The number of urea groups is 1. The van der Waals surface area contributed by atoms with Crippen molar-refractivity contribution < 1.29 is 22.8 Å². The van der Waals surface area contributed by atoms with Crippen LogP contribution in [0.3, 0.4) is 0 Å². The van der Waals surface area contributed by atoms with E-state index in [1.54, 1.807) is 34.2 Å². The summed E-state index contributed by atoms with van der Waals surface area (Å²) in [6.45, 7) is 3.57. The number of hydrazone groups is 1. The molecule has 0 radical (unpaired) electrons. The Labute approximate surface area is 228 Å². The molecule has 3 amide bonds. The highest BCUT2D eigenvalue weighted by Crippen LogP contribution is 2.37. The first-order valence-corrected chi connectivity index (χ1v) is 12.9. The number of hydrogen-bond acceptors (Lipinski definition) is 8. The Morgan fingerprint density at radius 3 is 2.67 bits per heavy atom. The third-order valence-electron chi connectivity index (χ3n) is 7.00. The van der Waals surface area contributed by atoms with Gasteiger partial charge >= 0.3 is 12.2 Å². The van der Waals surface area contributed by atoms with Crippen LogP contribution < -0.4 is 16.4 Å². The van der Waals surface area contributed by atoms with E-state index in [0.29, 0.717) is 25.5 Å². The van der Waals surface area contributed by atoms with Crippen LogP contribution in [0.25, 0.3) is 0 Å². The van der Waals surface area contributed by atoms with E-state index in [0.717, 1.165) is 42.6 Å². The average Bonchev–Trinajstić information content (AvgIpc) is 3.34. The summed E-state index contributed by atoms with van der Waals surface area (Å²) in [7, 11) is 0. The third kappa shape index (κ3) is 5.46. The second-order valence-electron chi connectivity index (χ2n) is 9.63. The number of aliphatic imine (C=N–C) groups is 2. The molecule has 4 heterocycles. The summed E-state index contributed by atoms with van der Waals surface area (Å²) in [5.41, 5.74) is 6.36. The summed E-state index contributed by atoms with van der Waals surface area (Å²) in [5.74, 6) is 0.203. The molecule has 0 aliphatic carbocycles. The molecule has 40 heavy (non-hydrogen) atoms. The molecule has 0 spiro atoms. The normalized spacial score (nSPS) is 22.4. The summed E-state index contributed by atoms with van der Waals surface area (Å²) in [4.78, 5) is 39.9. The van der Waals surface area contributed by atoms with Crippen molar-refractivity contribution in [1.82, 2.24) is 20.2 Å². The van der Waals surface area contributed by atoms with Crippen LogP contribution in [0, 0.1) is 5.92 Å². The van der Waals surface area contributed by atoms with Crippen LogP contribution in [-0.4, -0.2) is 70.5 Å². The number of amides is 3. The second-order valence-corrected chi connectivity index (χ2v) is 9.63. The Hall–Kier alpha value is -4.49. The number of nitrogens with one attached hydrogen (secondary N) is 2. The highest BCUT2D eigenvalue weighted by molar-refractivity contribution is 6.04. The molecule has 0 bridgehead atoms. The minimum Gasteiger partial charge on any atom is -0.385 e. The lowest BCUT2D eigenvalue weighted by molar-refractivity contribution is -0.137. The van der Waals surface area contributed by atoms with Crippen LogP contribution >= 0.6 is 0 Å². The number of piperidine rings is 1. The fourth-order valence-electron chi connectivity index (χ4n) is 5.07. The first-order chi connectivity index (χ1) is 19.2. The van der Waals surface area contributed by atoms with Gasteiger partial charge < -0.3 is 21.3 Å². The second kappa shape index (κ2) is 10.9. The fraction of sp³-hybridized carbons (Fsp3) is 0.385. The van der Waals surface area contributed by atoms with E-state index < -0.39 is 29.7 Å². The van der Waals surface area contributed by atoms with Gasteiger partial charge in [0.15, 0.2) is 0 Å².